The number of sulfone groups is 1. The molecule has 1 atom stereocenters. The highest BCUT2D eigenvalue weighted by atomic mass is 35.5. The molecular weight excluding hydrogens is 288 g/mol. The molecule has 4 nitrogen and oxygen atoms in total. The molecule has 6 heteroatoms. The molecule has 1 aliphatic rings. The fourth-order valence-electron chi connectivity index (χ4n) is 1.96. The van der Waals surface area contributed by atoms with Crippen molar-refractivity contribution in [2.75, 3.05) is 11.5 Å². The third kappa shape index (κ3) is 3.48. The van der Waals surface area contributed by atoms with E-state index in [0.29, 0.717) is 17.2 Å². The Morgan fingerprint density at radius 2 is 2.16 bits per heavy atom. The molecule has 1 aromatic carbocycles. The van der Waals surface area contributed by atoms with Crippen molar-refractivity contribution in [1.82, 2.24) is 0 Å². The Balaban J connectivity index is 2.05. The summed E-state index contributed by atoms with van der Waals surface area (Å²) in [6.45, 7) is 1.94. The van der Waals surface area contributed by atoms with E-state index >= 15 is 0 Å². The standard InChI is InChI=1S/C13H15ClO4S/c1-9(4-5-15)10-2-3-13(12(14)6-10)18-11-7-19(16,17)8-11/h2-3,5-6,9,11H,4,7-8H2,1H3. The molecule has 0 radical (unpaired) electrons. The molecule has 104 valence electrons. The van der Waals surface area contributed by atoms with Gasteiger partial charge in [0.15, 0.2) is 9.84 Å². The zero-order valence-electron chi connectivity index (χ0n) is 10.5. The maximum atomic E-state index is 11.0. The number of aldehydes is 1. The largest absolute Gasteiger partial charge is 0.487 e. The zero-order valence-corrected chi connectivity index (χ0v) is 12.1. The number of hydrogen-bond acceptors (Lipinski definition) is 4. The Kier molecular flexibility index (Phi) is 4.16. The summed E-state index contributed by atoms with van der Waals surface area (Å²) in [7, 11) is -2.90. The third-order valence-electron chi connectivity index (χ3n) is 3.15. The first-order valence-corrected chi connectivity index (χ1v) is 8.21. The van der Waals surface area contributed by atoms with Crippen LogP contribution < -0.4 is 4.74 Å². The first-order chi connectivity index (χ1) is 8.91. The molecule has 1 saturated heterocycles. The molecule has 2 rings (SSSR count). The smallest absolute Gasteiger partial charge is 0.157 e. The average Bonchev–Trinajstić information content (AvgIpc) is 2.29. The van der Waals surface area contributed by atoms with E-state index in [1.54, 1.807) is 12.1 Å². The number of benzene rings is 1. The van der Waals surface area contributed by atoms with Crippen molar-refractivity contribution in [2.24, 2.45) is 0 Å². The van der Waals surface area contributed by atoms with Crippen LogP contribution in [0.4, 0.5) is 0 Å². The van der Waals surface area contributed by atoms with Gasteiger partial charge in [0.1, 0.15) is 18.1 Å². The minimum atomic E-state index is -2.90. The fourth-order valence-corrected chi connectivity index (χ4v) is 3.37. The van der Waals surface area contributed by atoms with Crippen molar-refractivity contribution in [2.45, 2.75) is 25.4 Å². The predicted molar refractivity (Wildman–Crippen MR) is 73.6 cm³/mol. The molecule has 19 heavy (non-hydrogen) atoms. The van der Waals surface area contributed by atoms with Crippen molar-refractivity contribution < 1.29 is 17.9 Å². The van der Waals surface area contributed by atoms with Gasteiger partial charge < -0.3 is 9.53 Å². The lowest BCUT2D eigenvalue weighted by Gasteiger charge is -2.27. The highest BCUT2D eigenvalue weighted by Gasteiger charge is 2.35. The monoisotopic (exact) mass is 302 g/mol. The molecule has 0 N–H and O–H groups in total. The predicted octanol–water partition coefficient (Wildman–Crippen LogP) is 2.21. The number of carbonyl (C=O) groups excluding carboxylic acids is 1. The van der Waals surface area contributed by atoms with Gasteiger partial charge in [-0.15, -0.1) is 0 Å². The zero-order chi connectivity index (χ0) is 14.0. The summed E-state index contributed by atoms with van der Waals surface area (Å²) in [4.78, 5) is 10.5. The second-order valence-electron chi connectivity index (χ2n) is 4.81. The second kappa shape index (κ2) is 5.51. The van der Waals surface area contributed by atoms with Gasteiger partial charge in [0.05, 0.1) is 16.5 Å². The fraction of sp³-hybridized carbons (Fsp3) is 0.462. The van der Waals surface area contributed by atoms with Gasteiger partial charge >= 0.3 is 0 Å². The Morgan fingerprint density at radius 1 is 1.47 bits per heavy atom. The van der Waals surface area contributed by atoms with Crippen molar-refractivity contribution >= 4 is 27.7 Å². The summed E-state index contributed by atoms with van der Waals surface area (Å²) >= 11 is 6.11. The molecule has 1 aliphatic heterocycles. The van der Waals surface area contributed by atoms with Crippen LogP contribution in [-0.4, -0.2) is 32.3 Å². The van der Waals surface area contributed by atoms with Crippen molar-refractivity contribution in [3.05, 3.63) is 28.8 Å². The van der Waals surface area contributed by atoms with Gasteiger partial charge in [-0.05, 0) is 23.6 Å². The van der Waals surface area contributed by atoms with E-state index < -0.39 is 9.84 Å². The van der Waals surface area contributed by atoms with E-state index in [4.69, 9.17) is 16.3 Å². The number of rotatable bonds is 5. The summed E-state index contributed by atoms with van der Waals surface area (Å²) in [5.41, 5.74) is 0.964. The van der Waals surface area contributed by atoms with Gasteiger partial charge in [-0.1, -0.05) is 24.6 Å². The number of halogens is 1. The van der Waals surface area contributed by atoms with Crippen molar-refractivity contribution in [1.29, 1.82) is 0 Å². The lowest BCUT2D eigenvalue weighted by molar-refractivity contribution is -0.108. The van der Waals surface area contributed by atoms with E-state index in [2.05, 4.69) is 0 Å². The van der Waals surface area contributed by atoms with Crippen molar-refractivity contribution in [3.8, 4) is 5.75 Å². The molecular formula is C13H15ClO4S. The molecule has 0 saturated carbocycles. The normalized spacial score (nSPS) is 19.5. The van der Waals surface area contributed by atoms with Crippen LogP contribution in [0.15, 0.2) is 18.2 Å². The van der Waals surface area contributed by atoms with Crippen LogP contribution in [0.5, 0.6) is 5.75 Å². The van der Waals surface area contributed by atoms with Gasteiger partial charge in [-0.25, -0.2) is 8.42 Å². The Hall–Kier alpha value is -1.07. The molecule has 0 aromatic heterocycles. The van der Waals surface area contributed by atoms with Crippen molar-refractivity contribution in [3.63, 3.8) is 0 Å². The molecule has 1 fully saturated rings. The quantitative estimate of drug-likeness (QED) is 0.782. The lowest BCUT2D eigenvalue weighted by atomic mass is 9.98. The molecule has 1 heterocycles. The van der Waals surface area contributed by atoms with Gasteiger partial charge in [-0.2, -0.15) is 0 Å². The van der Waals surface area contributed by atoms with E-state index in [9.17, 15) is 13.2 Å². The first kappa shape index (κ1) is 14.3. The second-order valence-corrected chi connectivity index (χ2v) is 7.37. The Morgan fingerprint density at radius 3 is 2.68 bits per heavy atom. The topological polar surface area (TPSA) is 60.4 Å². The Labute approximate surface area is 117 Å². The molecule has 1 unspecified atom stereocenters. The summed E-state index contributed by atoms with van der Waals surface area (Å²) < 4.78 is 27.6. The van der Waals surface area contributed by atoms with Crippen LogP contribution in [0.3, 0.4) is 0 Å². The van der Waals surface area contributed by atoms with Gasteiger partial charge in [0.25, 0.3) is 0 Å². The minimum absolute atomic E-state index is 0.0482. The van der Waals surface area contributed by atoms with Crippen LogP contribution in [-0.2, 0) is 14.6 Å². The van der Waals surface area contributed by atoms with Crippen LogP contribution >= 0.6 is 11.6 Å². The van der Waals surface area contributed by atoms with Crippen LogP contribution in [0.2, 0.25) is 5.02 Å². The molecule has 1 aromatic rings. The SMILES string of the molecule is CC(CC=O)c1ccc(OC2CS(=O)(=O)C2)c(Cl)c1. The van der Waals surface area contributed by atoms with E-state index in [-0.39, 0.29) is 23.5 Å². The number of ether oxygens (including phenoxy) is 1. The molecule has 0 spiro atoms. The minimum Gasteiger partial charge on any atom is -0.487 e. The van der Waals surface area contributed by atoms with E-state index in [1.807, 2.05) is 13.0 Å². The third-order valence-corrected chi connectivity index (χ3v) is 5.20. The molecule has 0 aliphatic carbocycles. The number of hydrogen-bond donors (Lipinski definition) is 0. The molecule has 0 amide bonds. The molecule has 0 bridgehead atoms. The van der Waals surface area contributed by atoms with Gasteiger partial charge in [-0.3, -0.25) is 0 Å². The highest BCUT2D eigenvalue weighted by molar-refractivity contribution is 7.92. The van der Waals surface area contributed by atoms with Gasteiger partial charge in [0, 0.05) is 6.42 Å². The first-order valence-electron chi connectivity index (χ1n) is 6.01. The highest BCUT2D eigenvalue weighted by Crippen LogP contribution is 2.31. The summed E-state index contributed by atoms with van der Waals surface area (Å²) in [5, 5.41) is 0.444. The maximum absolute atomic E-state index is 11.0. The Bertz CT molecular complexity index is 570. The lowest BCUT2D eigenvalue weighted by Crippen LogP contribution is -2.45. The summed E-state index contributed by atoms with van der Waals surface area (Å²) in [5.74, 6) is 0.691. The van der Waals surface area contributed by atoms with E-state index in [1.165, 1.54) is 0 Å². The van der Waals surface area contributed by atoms with Crippen LogP contribution in [0, 0.1) is 0 Å². The van der Waals surface area contributed by atoms with Gasteiger partial charge in [0.2, 0.25) is 0 Å². The van der Waals surface area contributed by atoms with Crippen LogP contribution in [0.1, 0.15) is 24.8 Å². The summed E-state index contributed by atoms with van der Waals surface area (Å²) in [6, 6.07) is 5.34. The van der Waals surface area contributed by atoms with E-state index in [0.717, 1.165) is 11.8 Å². The van der Waals surface area contributed by atoms with Crippen LogP contribution in [0.25, 0.3) is 0 Å². The number of carbonyl (C=O) groups is 1. The average molecular weight is 303 g/mol. The summed E-state index contributed by atoms with van der Waals surface area (Å²) in [6.07, 6.45) is 1.01. The maximum Gasteiger partial charge on any atom is 0.157 e.